The molecule has 0 saturated heterocycles. The van der Waals surface area contributed by atoms with Crippen LogP contribution >= 0.6 is 0 Å². The number of aliphatic carboxylic acids is 1. The zero-order chi connectivity index (χ0) is 15.6. The molecular formula is C15H15FN2O3. The minimum Gasteiger partial charge on any atom is -0.481 e. The predicted molar refractivity (Wildman–Crippen MR) is 75.5 cm³/mol. The summed E-state index contributed by atoms with van der Waals surface area (Å²) in [6.45, 7) is 1.62. The summed E-state index contributed by atoms with van der Waals surface area (Å²) in [4.78, 5) is 28.5. The van der Waals surface area contributed by atoms with Crippen LogP contribution in [0.5, 0.6) is 0 Å². The van der Waals surface area contributed by atoms with Crippen LogP contribution in [-0.2, 0) is 4.79 Å². The molecule has 1 heterocycles. The first kappa shape index (κ1) is 14.9. The summed E-state index contributed by atoms with van der Waals surface area (Å²) in [6.07, 6.45) is 1.41. The third-order valence-corrected chi connectivity index (χ3v) is 3.21. The lowest BCUT2D eigenvalue weighted by Crippen LogP contribution is -2.33. The van der Waals surface area contributed by atoms with Crippen molar-refractivity contribution in [2.45, 2.75) is 6.92 Å². The molecule has 0 bridgehead atoms. The predicted octanol–water partition coefficient (Wildman–Crippen LogP) is 2.17. The Bertz CT molecular complexity index is 702. The van der Waals surface area contributed by atoms with Gasteiger partial charge in [0.15, 0.2) is 0 Å². The molecule has 1 unspecified atom stereocenters. The quantitative estimate of drug-likeness (QED) is 0.936. The third-order valence-electron chi connectivity index (χ3n) is 3.21. The first-order chi connectivity index (χ1) is 9.88. The number of halogens is 1. The maximum Gasteiger partial charge on any atom is 0.308 e. The van der Waals surface area contributed by atoms with Crippen LogP contribution in [0.3, 0.4) is 0 Å². The Morgan fingerprint density at radius 3 is 2.76 bits per heavy atom. The number of carbonyl (C=O) groups excluding carboxylic acids is 1. The molecule has 0 aliphatic rings. The van der Waals surface area contributed by atoms with Gasteiger partial charge in [-0.2, -0.15) is 0 Å². The fourth-order valence-electron chi connectivity index (χ4n) is 2.01. The van der Waals surface area contributed by atoms with Crippen molar-refractivity contribution in [1.29, 1.82) is 0 Å². The highest BCUT2D eigenvalue weighted by Crippen LogP contribution is 2.16. The fraction of sp³-hybridized carbons (Fsp3) is 0.267. The molecule has 1 amide bonds. The number of amides is 1. The number of rotatable bonds is 4. The van der Waals surface area contributed by atoms with Crippen LogP contribution in [0, 0.1) is 11.7 Å². The van der Waals surface area contributed by atoms with Crippen LogP contribution in [0.4, 0.5) is 4.39 Å². The van der Waals surface area contributed by atoms with E-state index in [0.717, 1.165) is 0 Å². The van der Waals surface area contributed by atoms with Gasteiger partial charge in [-0.15, -0.1) is 0 Å². The van der Waals surface area contributed by atoms with Gasteiger partial charge in [-0.3, -0.25) is 14.6 Å². The molecule has 5 nitrogen and oxygen atoms in total. The molecule has 0 aliphatic carbocycles. The first-order valence-corrected chi connectivity index (χ1v) is 6.42. The van der Waals surface area contributed by atoms with E-state index in [9.17, 15) is 14.0 Å². The first-order valence-electron chi connectivity index (χ1n) is 6.42. The summed E-state index contributed by atoms with van der Waals surface area (Å²) in [5.74, 6) is -2.37. The van der Waals surface area contributed by atoms with Gasteiger partial charge in [-0.05, 0) is 24.3 Å². The van der Waals surface area contributed by atoms with Gasteiger partial charge in [0.25, 0.3) is 5.91 Å². The van der Waals surface area contributed by atoms with Crippen LogP contribution in [0.15, 0.2) is 30.5 Å². The normalized spacial score (nSPS) is 12.1. The maximum atomic E-state index is 13.2. The van der Waals surface area contributed by atoms with Crippen LogP contribution in [0.25, 0.3) is 10.9 Å². The highest BCUT2D eigenvalue weighted by molar-refractivity contribution is 5.97. The Hall–Kier alpha value is -2.50. The lowest BCUT2D eigenvalue weighted by atomic mass is 10.1. The second kappa shape index (κ2) is 5.87. The number of carboxylic acid groups (broad SMARTS) is 1. The van der Waals surface area contributed by atoms with Crippen molar-refractivity contribution >= 4 is 22.8 Å². The number of hydrogen-bond acceptors (Lipinski definition) is 3. The fourth-order valence-corrected chi connectivity index (χ4v) is 2.01. The summed E-state index contributed by atoms with van der Waals surface area (Å²) in [5.41, 5.74) is 0.891. The molecular weight excluding hydrogens is 275 g/mol. The van der Waals surface area contributed by atoms with Crippen molar-refractivity contribution in [3.63, 3.8) is 0 Å². The summed E-state index contributed by atoms with van der Waals surface area (Å²) in [6, 6.07) is 5.70. The van der Waals surface area contributed by atoms with E-state index in [0.29, 0.717) is 16.5 Å². The average Bonchev–Trinajstić information content (AvgIpc) is 2.45. The van der Waals surface area contributed by atoms with Gasteiger partial charge >= 0.3 is 5.97 Å². The van der Waals surface area contributed by atoms with Crippen molar-refractivity contribution in [3.05, 3.63) is 41.8 Å². The molecule has 1 atom stereocenters. The molecule has 0 radical (unpaired) electrons. The van der Waals surface area contributed by atoms with Crippen molar-refractivity contribution < 1.29 is 19.1 Å². The van der Waals surface area contributed by atoms with Crippen molar-refractivity contribution in [3.8, 4) is 0 Å². The van der Waals surface area contributed by atoms with Crippen molar-refractivity contribution in [2.75, 3.05) is 13.6 Å². The highest BCUT2D eigenvalue weighted by Gasteiger charge is 2.19. The minimum atomic E-state index is -0.964. The Morgan fingerprint density at radius 1 is 1.38 bits per heavy atom. The van der Waals surface area contributed by atoms with Gasteiger partial charge in [0.1, 0.15) is 5.82 Å². The molecule has 0 aliphatic heterocycles. The third kappa shape index (κ3) is 3.34. The van der Waals surface area contributed by atoms with E-state index in [1.165, 1.54) is 43.3 Å². The lowest BCUT2D eigenvalue weighted by molar-refractivity contribution is -0.141. The summed E-state index contributed by atoms with van der Waals surface area (Å²) < 4.78 is 13.2. The molecule has 1 aromatic heterocycles. The average molecular weight is 290 g/mol. The number of carbonyl (C=O) groups is 2. The van der Waals surface area contributed by atoms with Crippen LogP contribution in [-0.4, -0.2) is 40.5 Å². The zero-order valence-corrected chi connectivity index (χ0v) is 11.7. The zero-order valence-electron chi connectivity index (χ0n) is 11.7. The smallest absolute Gasteiger partial charge is 0.308 e. The Kier molecular flexibility index (Phi) is 4.16. The van der Waals surface area contributed by atoms with Gasteiger partial charge < -0.3 is 10.0 Å². The summed E-state index contributed by atoms with van der Waals surface area (Å²) in [7, 11) is 1.53. The number of carboxylic acids is 1. The molecule has 2 rings (SSSR count). The topological polar surface area (TPSA) is 70.5 Å². The Morgan fingerprint density at radius 2 is 2.10 bits per heavy atom. The van der Waals surface area contributed by atoms with Gasteiger partial charge in [0.2, 0.25) is 0 Å². The number of nitrogens with zero attached hydrogens (tertiary/aromatic N) is 2. The maximum absolute atomic E-state index is 13.2. The number of benzene rings is 1. The molecule has 110 valence electrons. The van der Waals surface area contributed by atoms with E-state index in [1.54, 1.807) is 6.07 Å². The molecule has 0 spiro atoms. The van der Waals surface area contributed by atoms with Gasteiger partial charge in [0.05, 0.1) is 17.0 Å². The number of fused-ring (bicyclic) bond motifs is 1. The van der Waals surface area contributed by atoms with Crippen LogP contribution < -0.4 is 0 Å². The Labute approximate surface area is 121 Å². The molecule has 0 saturated carbocycles. The van der Waals surface area contributed by atoms with E-state index < -0.39 is 17.7 Å². The van der Waals surface area contributed by atoms with Crippen molar-refractivity contribution in [2.24, 2.45) is 5.92 Å². The lowest BCUT2D eigenvalue weighted by Gasteiger charge is -2.19. The number of pyridine rings is 1. The minimum absolute atomic E-state index is 0.0926. The van der Waals surface area contributed by atoms with Crippen LogP contribution in [0.1, 0.15) is 17.3 Å². The second-order valence-electron chi connectivity index (χ2n) is 4.99. The second-order valence-corrected chi connectivity index (χ2v) is 4.99. The van der Waals surface area contributed by atoms with E-state index in [2.05, 4.69) is 4.98 Å². The van der Waals surface area contributed by atoms with E-state index in [-0.39, 0.29) is 12.5 Å². The Balaban J connectivity index is 2.24. The highest BCUT2D eigenvalue weighted by atomic mass is 19.1. The summed E-state index contributed by atoms with van der Waals surface area (Å²) >= 11 is 0. The molecule has 2 aromatic rings. The number of aromatic nitrogens is 1. The largest absolute Gasteiger partial charge is 0.481 e. The van der Waals surface area contributed by atoms with Gasteiger partial charge in [0, 0.05) is 25.2 Å². The van der Waals surface area contributed by atoms with E-state index in [4.69, 9.17) is 5.11 Å². The monoisotopic (exact) mass is 290 g/mol. The molecule has 1 N–H and O–H groups in total. The van der Waals surface area contributed by atoms with Crippen LogP contribution in [0.2, 0.25) is 0 Å². The van der Waals surface area contributed by atoms with E-state index >= 15 is 0 Å². The van der Waals surface area contributed by atoms with Crippen molar-refractivity contribution in [1.82, 2.24) is 9.88 Å². The van der Waals surface area contributed by atoms with Gasteiger partial charge in [-0.1, -0.05) is 6.92 Å². The molecule has 21 heavy (non-hydrogen) atoms. The molecule has 1 aromatic carbocycles. The SMILES string of the molecule is CC(CN(C)C(=O)c1cnc2ccc(F)cc2c1)C(=O)O. The number of hydrogen-bond donors (Lipinski definition) is 1. The standard InChI is InChI=1S/C15H15FN2O3/c1-9(15(20)21)8-18(2)14(19)11-5-10-6-12(16)3-4-13(10)17-7-11/h3-7,9H,8H2,1-2H3,(H,20,21). The summed E-state index contributed by atoms with van der Waals surface area (Å²) in [5, 5.41) is 9.39. The van der Waals surface area contributed by atoms with E-state index in [1.807, 2.05) is 0 Å². The molecule has 6 heteroatoms. The van der Waals surface area contributed by atoms with Gasteiger partial charge in [-0.25, -0.2) is 4.39 Å². The molecule has 0 fully saturated rings.